The number of hydrogen-bond donors (Lipinski definition) is 0. The van der Waals surface area contributed by atoms with Crippen molar-refractivity contribution in [3.63, 3.8) is 0 Å². The first kappa shape index (κ1) is 33.3. The second kappa shape index (κ2) is 13.6. The van der Waals surface area contributed by atoms with Gasteiger partial charge in [-0.1, -0.05) is 140 Å². The molecule has 11 aromatic rings. The van der Waals surface area contributed by atoms with Gasteiger partial charge in [0.1, 0.15) is 0 Å². The lowest BCUT2D eigenvalue weighted by atomic mass is 9.99. The molecule has 3 heteroatoms. The smallest absolute Gasteiger partial charge is 0.0562 e. The zero-order valence-electron chi connectivity index (χ0n) is 31.2. The number of benzene rings is 9. The highest BCUT2D eigenvalue weighted by Gasteiger charge is 2.33. The van der Waals surface area contributed by atoms with Crippen LogP contribution in [0.25, 0.3) is 66.1 Å². The fourth-order valence-corrected chi connectivity index (χ4v) is 13.0. The minimum absolute atomic E-state index is 1.14. The zero-order valence-corrected chi connectivity index (χ0v) is 32.1. The maximum atomic E-state index is 2.48. The van der Waals surface area contributed by atoms with Gasteiger partial charge in [0.05, 0.1) is 27.8 Å². The van der Waals surface area contributed by atoms with E-state index in [1.54, 1.807) is 0 Å². The van der Waals surface area contributed by atoms with Gasteiger partial charge in [-0.2, -0.15) is 0 Å². The Kier molecular flexibility index (Phi) is 7.94. The lowest BCUT2D eigenvalue weighted by Crippen LogP contribution is -2.05. The molecule has 0 unspecified atom stereocenters. The lowest BCUT2D eigenvalue weighted by molar-refractivity contribution is 1.15. The van der Waals surface area contributed by atoms with Crippen molar-refractivity contribution >= 4 is 53.6 Å². The van der Waals surface area contributed by atoms with Gasteiger partial charge in [-0.3, -0.25) is 0 Å². The van der Waals surface area contributed by atoms with Crippen molar-refractivity contribution in [2.75, 3.05) is 0 Å². The van der Waals surface area contributed by atoms with Gasteiger partial charge in [0.2, 0.25) is 0 Å². The number of aromatic nitrogens is 2. The van der Waals surface area contributed by atoms with Crippen LogP contribution < -0.4 is 0 Å². The fraction of sp³-hybridized carbons (Fsp3) is 0. The average molecular weight is 747 g/mol. The molecule has 0 saturated heterocycles. The molecule has 9 aromatic carbocycles. The summed E-state index contributed by atoms with van der Waals surface area (Å²) in [6.07, 6.45) is 0. The average Bonchev–Trinajstić information content (AvgIpc) is 3.82. The summed E-state index contributed by atoms with van der Waals surface area (Å²) in [5, 5.41) is 5.00. The van der Waals surface area contributed by atoms with E-state index in [4.69, 9.17) is 0 Å². The van der Waals surface area contributed by atoms with Crippen LogP contribution in [-0.2, 0) is 0 Å². The Morgan fingerprint density at radius 1 is 0.281 bits per heavy atom. The molecule has 0 amide bonds. The monoisotopic (exact) mass is 746 g/mol. The molecule has 0 bridgehead atoms. The first-order valence-electron chi connectivity index (χ1n) is 19.5. The molecule has 0 saturated carbocycles. The van der Waals surface area contributed by atoms with Gasteiger partial charge in [-0.05, 0) is 102 Å². The third kappa shape index (κ3) is 5.13. The van der Waals surface area contributed by atoms with E-state index in [1.807, 2.05) is 0 Å². The first-order valence-corrected chi connectivity index (χ1v) is 21.1. The molecule has 11 rings (SSSR count). The van der Waals surface area contributed by atoms with E-state index in [0.29, 0.717) is 0 Å². The van der Waals surface area contributed by atoms with E-state index < -0.39 is 10.0 Å². The fourth-order valence-electron chi connectivity index (χ4n) is 9.09. The van der Waals surface area contributed by atoms with E-state index in [9.17, 15) is 0 Å². The Hall–Kier alpha value is -7.07. The molecule has 57 heavy (non-hydrogen) atoms. The van der Waals surface area contributed by atoms with Crippen molar-refractivity contribution < 1.29 is 0 Å². The van der Waals surface area contributed by atoms with Crippen LogP contribution in [0.4, 0.5) is 0 Å². The minimum Gasteiger partial charge on any atom is -0.309 e. The molecule has 0 radical (unpaired) electrons. The number of para-hydroxylation sites is 2. The molecule has 2 heterocycles. The van der Waals surface area contributed by atoms with E-state index in [-0.39, 0.29) is 0 Å². The molecular formula is C54H38N2S. The predicted molar refractivity (Wildman–Crippen MR) is 241 cm³/mol. The summed E-state index contributed by atoms with van der Waals surface area (Å²) in [5.74, 6) is 0. The number of fused-ring (bicyclic) bond motifs is 6. The number of rotatable bonds is 7. The molecule has 0 N–H and O–H groups in total. The third-order valence-electron chi connectivity index (χ3n) is 11.4. The maximum absolute atomic E-state index is 2.48. The quantitative estimate of drug-likeness (QED) is 0.154. The van der Waals surface area contributed by atoms with Crippen LogP contribution in [0.15, 0.2) is 250 Å². The number of nitrogens with zero attached hydrogens (tertiary/aromatic N) is 2. The van der Waals surface area contributed by atoms with Gasteiger partial charge >= 0.3 is 0 Å². The summed E-state index contributed by atoms with van der Waals surface area (Å²) in [5.41, 5.74) is 9.55. The van der Waals surface area contributed by atoms with Crippen molar-refractivity contribution in [1.29, 1.82) is 0 Å². The normalized spacial score (nSPS) is 12.1. The predicted octanol–water partition coefficient (Wildman–Crippen LogP) is 14.9. The Morgan fingerprint density at radius 3 is 1.28 bits per heavy atom. The van der Waals surface area contributed by atoms with Crippen LogP contribution in [0, 0.1) is 0 Å². The second-order valence-corrected chi connectivity index (χ2v) is 17.6. The Labute approximate surface area is 333 Å². The summed E-state index contributed by atoms with van der Waals surface area (Å²) in [7, 11) is -1.80. The minimum atomic E-state index is -1.80. The van der Waals surface area contributed by atoms with E-state index in [2.05, 4.69) is 240 Å². The van der Waals surface area contributed by atoms with Crippen LogP contribution in [0.3, 0.4) is 0 Å². The molecule has 2 aromatic heterocycles. The summed E-state index contributed by atoms with van der Waals surface area (Å²) < 4.78 is 4.93. The molecule has 0 aliphatic heterocycles. The van der Waals surface area contributed by atoms with E-state index in [1.165, 1.54) is 80.0 Å². The van der Waals surface area contributed by atoms with Crippen LogP contribution >= 0.6 is 10.0 Å². The van der Waals surface area contributed by atoms with Gasteiger partial charge < -0.3 is 9.13 Å². The molecule has 0 aliphatic carbocycles. The van der Waals surface area contributed by atoms with Crippen molar-refractivity contribution in [3.8, 4) is 22.5 Å². The van der Waals surface area contributed by atoms with Crippen molar-refractivity contribution in [2.45, 2.75) is 19.6 Å². The van der Waals surface area contributed by atoms with Crippen LogP contribution in [0.5, 0.6) is 0 Å². The largest absolute Gasteiger partial charge is 0.309 e. The molecule has 0 fully saturated rings. The van der Waals surface area contributed by atoms with Gasteiger partial charge in [0.25, 0.3) is 0 Å². The van der Waals surface area contributed by atoms with Crippen molar-refractivity contribution in [1.82, 2.24) is 9.13 Å². The zero-order chi connectivity index (χ0) is 37.8. The summed E-state index contributed by atoms with van der Waals surface area (Å²) >= 11 is 0. The molecule has 0 aliphatic rings. The van der Waals surface area contributed by atoms with E-state index in [0.717, 1.165) is 5.69 Å². The standard InChI is InChI=1S/C54H38N2S/c1-5-19-39(20-6-1)45-29-17-32-50-53(45)46-27-13-16-31-49(46)56(50)52-34-18-33-51-54(52)47-28-14-15-30-48(47)55(51)40-35-37-44(38-36-40)57(41-21-7-2-8-22-41,42-23-9-3-10-24-42)43-25-11-4-12-26-43/h1-38H. The second-order valence-electron chi connectivity index (χ2n) is 14.5. The topological polar surface area (TPSA) is 9.86 Å². The molecule has 2 nitrogen and oxygen atoms in total. The molecular weight excluding hydrogens is 709 g/mol. The third-order valence-corrected chi connectivity index (χ3v) is 15.4. The van der Waals surface area contributed by atoms with Crippen LogP contribution in [0.1, 0.15) is 0 Å². The SMILES string of the molecule is c1ccc(-c2cccc3c2c2ccccc2n3-c2cccc3c2c2ccccc2n3-c2ccc(S(c3ccccc3)(c3ccccc3)c3ccccc3)cc2)cc1. The Balaban J connectivity index is 1.15. The molecule has 270 valence electrons. The van der Waals surface area contributed by atoms with E-state index >= 15 is 0 Å². The van der Waals surface area contributed by atoms with Crippen LogP contribution in [0.2, 0.25) is 0 Å². The lowest BCUT2D eigenvalue weighted by Gasteiger charge is -2.42. The van der Waals surface area contributed by atoms with Crippen molar-refractivity contribution in [3.05, 3.63) is 231 Å². The maximum Gasteiger partial charge on any atom is 0.0562 e. The number of hydrogen-bond acceptors (Lipinski definition) is 0. The highest BCUT2D eigenvalue weighted by atomic mass is 32.3. The summed E-state index contributed by atoms with van der Waals surface area (Å²) in [4.78, 5) is 5.26. The van der Waals surface area contributed by atoms with Gasteiger partial charge in [0.15, 0.2) is 0 Å². The highest BCUT2D eigenvalue weighted by molar-refractivity contribution is 8.34. The summed E-state index contributed by atoms with van der Waals surface area (Å²) in [6, 6.07) is 84.6. The molecule has 0 atom stereocenters. The molecule has 0 spiro atoms. The first-order chi connectivity index (χ1) is 28.3. The highest BCUT2D eigenvalue weighted by Crippen LogP contribution is 2.73. The van der Waals surface area contributed by atoms with Gasteiger partial charge in [-0.15, -0.1) is 10.0 Å². The Morgan fingerprint density at radius 2 is 0.702 bits per heavy atom. The van der Waals surface area contributed by atoms with Crippen molar-refractivity contribution in [2.24, 2.45) is 0 Å². The van der Waals surface area contributed by atoms with Crippen LogP contribution in [-0.4, -0.2) is 9.13 Å². The Bertz CT molecular complexity index is 3100. The summed E-state index contributed by atoms with van der Waals surface area (Å²) in [6.45, 7) is 0. The van der Waals surface area contributed by atoms with Gasteiger partial charge in [-0.25, -0.2) is 0 Å². The van der Waals surface area contributed by atoms with Gasteiger partial charge in [0, 0.05) is 46.8 Å².